The van der Waals surface area contributed by atoms with Crippen LogP contribution < -0.4 is 5.32 Å². The zero-order chi connectivity index (χ0) is 12.3. The predicted octanol–water partition coefficient (Wildman–Crippen LogP) is 3.59. The predicted molar refractivity (Wildman–Crippen MR) is 76.4 cm³/mol. The van der Waals surface area contributed by atoms with E-state index in [2.05, 4.69) is 32.9 Å². The van der Waals surface area contributed by atoms with Gasteiger partial charge in [0.2, 0.25) is 0 Å². The minimum absolute atomic E-state index is 0.190. The van der Waals surface area contributed by atoms with Gasteiger partial charge in [0.1, 0.15) is 0 Å². The SMILES string of the molecule is O=C(Nc1cccnc1)c1cc(Cl)ccc1I. The average Bonchev–Trinajstić information content (AvgIpc) is 2.33. The maximum absolute atomic E-state index is 12.0. The van der Waals surface area contributed by atoms with E-state index in [4.69, 9.17) is 11.6 Å². The Kier molecular flexibility index (Phi) is 3.96. The van der Waals surface area contributed by atoms with E-state index in [-0.39, 0.29) is 5.91 Å². The Labute approximate surface area is 117 Å². The number of nitrogens with one attached hydrogen (secondary N) is 1. The van der Waals surface area contributed by atoms with Gasteiger partial charge in [0.25, 0.3) is 5.91 Å². The molecule has 0 radical (unpaired) electrons. The topological polar surface area (TPSA) is 42.0 Å². The van der Waals surface area contributed by atoms with Crippen molar-refractivity contribution in [2.24, 2.45) is 0 Å². The van der Waals surface area contributed by atoms with Gasteiger partial charge >= 0.3 is 0 Å². The lowest BCUT2D eigenvalue weighted by Gasteiger charge is -2.06. The standard InChI is InChI=1S/C12H8ClIN2O/c13-8-3-4-11(14)10(6-8)12(17)16-9-2-1-5-15-7-9/h1-7H,(H,16,17). The molecule has 0 spiro atoms. The summed E-state index contributed by atoms with van der Waals surface area (Å²) in [6.07, 6.45) is 3.24. The van der Waals surface area contributed by atoms with Gasteiger partial charge in [-0.05, 0) is 52.9 Å². The van der Waals surface area contributed by atoms with Crippen LogP contribution in [-0.4, -0.2) is 10.9 Å². The van der Waals surface area contributed by atoms with Gasteiger partial charge in [0, 0.05) is 14.8 Å². The summed E-state index contributed by atoms with van der Waals surface area (Å²) >= 11 is 7.97. The quantitative estimate of drug-likeness (QED) is 0.834. The number of carbonyl (C=O) groups excluding carboxylic acids is 1. The van der Waals surface area contributed by atoms with Crippen LogP contribution in [0.15, 0.2) is 42.7 Å². The van der Waals surface area contributed by atoms with Crippen molar-refractivity contribution < 1.29 is 4.79 Å². The van der Waals surface area contributed by atoms with E-state index < -0.39 is 0 Å². The molecule has 1 aromatic heterocycles. The number of carbonyl (C=O) groups is 1. The van der Waals surface area contributed by atoms with Crippen molar-refractivity contribution in [3.05, 3.63) is 56.9 Å². The number of anilines is 1. The Balaban J connectivity index is 2.23. The molecule has 1 heterocycles. The number of halogens is 2. The molecule has 86 valence electrons. The molecule has 2 rings (SSSR count). The van der Waals surface area contributed by atoms with Gasteiger partial charge in [-0.15, -0.1) is 0 Å². The summed E-state index contributed by atoms with van der Waals surface area (Å²) in [4.78, 5) is 15.9. The summed E-state index contributed by atoms with van der Waals surface area (Å²) in [5, 5.41) is 3.30. The van der Waals surface area contributed by atoms with E-state index in [0.29, 0.717) is 16.3 Å². The lowest BCUT2D eigenvalue weighted by molar-refractivity contribution is 0.102. The Morgan fingerprint density at radius 3 is 2.88 bits per heavy atom. The normalized spacial score (nSPS) is 10.0. The number of amides is 1. The van der Waals surface area contributed by atoms with E-state index in [9.17, 15) is 4.79 Å². The molecule has 0 saturated heterocycles. The minimum Gasteiger partial charge on any atom is -0.321 e. The first-order chi connectivity index (χ1) is 8.16. The molecule has 3 nitrogen and oxygen atoms in total. The van der Waals surface area contributed by atoms with Crippen molar-refractivity contribution in [1.82, 2.24) is 4.98 Å². The van der Waals surface area contributed by atoms with Crippen molar-refractivity contribution in [2.45, 2.75) is 0 Å². The number of pyridine rings is 1. The van der Waals surface area contributed by atoms with E-state index in [1.807, 2.05) is 0 Å². The van der Waals surface area contributed by atoms with Gasteiger partial charge in [-0.3, -0.25) is 9.78 Å². The molecule has 0 aliphatic carbocycles. The molecule has 5 heteroatoms. The van der Waals surface area contributed by atoms with Crippen LogP contribution in [0, 0.1) is 3.57 Å². The van der Waals surface area contributed by atoms with Crippen LogP contribution in [0.1, 0.15) is 10.4 Å². The van der Waals surface area contributed by atoms with E-state index in [0.717, 1.165) is 3.57 Å². The zero-order valence-corrected chi connectivity index (χ0v) is 11.6. The third-order valence-electron chi connectivity index (χ3n) is 2.09. The molecule has 0 unspecified atom stereocenters. The maximum atomic E-state index is 12.0. The van der Waals surface area contributed by atoms with E-state index >= 15 is 0 Å². The first-order valence-electron chi connectivity index (χ1n) is 4.83. The summed E-state index contributed by atoms with van der Waals surface area (Å²) in [5.74, 6) is -0.190. The van der Waals surface area contributed by atoms with Crippen LogP contribution in [0.5, 0.6) is 0 Å². The molecule has 17 heavy (non-hydrogen) atoms. The highest BCUT2D eigenvalue weighted by molar-refractivity contribution is 14.1. The lowest BCUT2D eigenvalue weighted by atomic mass is 10.2. The molecular formula is C12H8ClIN2O. The molecule has 0 atom stereocenters. The van der Waals surface area contributed by atoms with Crippen molar-refractivity contribution in [3.63, 3.8) is 0 Å². The summed E-state index contributed by atoms with van der Waals surface area (Å²) in [6, 6.07) is 8.75. The van der Waals surface area contributed by atoms with Gasteiger partial charge < -0.3 is 5.32 Å². The monoisotopic (exact) mass is 358 g/mol. The molecule has 0 aliphatic heterocycles. The lowest BCUT2D eigenvalue weighted by Crippen LogP contribution is -2.13. The van der Waals surface area contributed by atoms with Gasteiger partial charge in [-0.25, -0.2) is 0 Å². The molecule has 0 aliphatic rings. The second-order valence-corrected chi connectivity index (χ2v) is 4.92. The highest BCUT2D eigenvalue weighted by atomic mass is 127. The first kappa shape index (κ1) is 12.3. The number of benzene rings is 1. The fourth-order valence-corrected chi connectivity index (χ4v) is 2.06. The van der Waals surface area contributed by atoms with Gasteiger partial charge in [-0.2, -0.15) is 0 Å². The van der Waals surface area contributed by atoms with Crippen LogP contribution >= 0.6 is 34.2 Å². The number of rotatable bonds is 2. The van der Waals surface area contributed by atoms with Gasteiger partial charge in [-0.1, -0.05) is 11.6 Å². The van der Waals surface area contributed by atoms with Crippen LogP contribution in [-0.2, 0) is 0 Å². The van der Waals surface area contributed by atoms with Crippen molar-refractivity contribution in [3.8, 4) is 0 Å². The third-order valence-corrected chi connectivity index (χ3v) is 3.27. The molecule has 2 aromatic rings. The number of hydrogen-bond donors (Lipinski definition) is 1. The Morgan fingerprint density at radius 1 is 1.35 bits per heavy atom. The van der Waals surface area contributed by atoms with Gasteiger partial charge in [0.05, 0.1) is 17.4 Å². The largest absolute Gasteiger partial charge is 0.321 e. The van der Waals surface area contributed by atoms with Crippen LogP contribution in [0.25, 0.3) is 0 Å². The molecule has 0 bridgehead atoms. The number of hydrogen-bond acceptors (Lipinski definition) is 2. The van der Waals surface area contributed by atoms with Crippen molar-refractivity contribution in [1.29, 1.82) is 0 Å². The van der Waals surface area contributed by atoms with Crippen LogP contribution in [0.2, 0.25) is 5.02 Å². The molecule has 1 N–H and O–H groups in total. The van der Waals surface area contributed by atoms with E-state index in [1.54, 1.807) is 42.7 Å². The molecule has 1 aromatic carbocycles. The molecular weight excluding hydrogens is 351 g/mol. The molecule has 0 fully saturated rings. The Bertz CT molecular complexity index is 545. The number of nitrogens with zero attached hydrogens (tertiary/aromatic N) is 1. The average molecular weight is 359 g/mol. The fraction of sp³-hybridized carbons (Fsp3) is 0. The van der Waals surface area contributed by atoms with Crippen molar-refractivity contribution >= 4 is 45.8 Å². The summed E-state index contributed by atoms with van der Waals surface area (Å²) < 4.78 is 0.855. The third kappa shape index (κ3) is 3.17. The maximum Gasteiger partial charge on any atom is 0.256 e. The minimum atomic E-state index is -0.190. The van der Waals surface area contributed by atoms with Crippen molar-refractivity contribution in [2.75, 3.05) is 5.32 Å². The van der Waals surface area contributed by atoms with Gasteiger partial charge in [0.15, 0.2) is 0 Å². The van der Waals surface area contributed by atoms with Crippen LogP contribution in [0.4, 0.5) is 5.69 Å². The first-order valence-corrected chi connectivity index (χ1v) is 6.29. The summed E-state index contributed by atoms with van der Waals surface area (Å²) in [6.45, 7) is 0. The second-order valence-electron chi connectivity index (χ2n) is 3.32. The smallest absolute Gasteiger partial charge is 0.256 e. The second kappa shape index (κ2) is 5.46. The zero-order valence-electron chi connectivity index (χ0n) is 8.65. The Hall–Kier alpha value is -1.14. The highest BCUT2D eigenvalue weighted by Crippen LogP contribution is 2.19. The van der Waals surface area contributed by atoms with E-state index in [1.165, 1.54) is 0 Å². The Morgan fingerprint density at radius 2 is 2.18 bits per heavy atom. The highest BCUT2D eigenvalue weighted by Gasteiger charge is 2.10. The summed E-state index contributed by atoms with van der Waals surface area (Å²) in [7, 11) is 0. The molecule has 1 amide bonds. The number of aromatic nitrogens is 1. The molecule has 0 saturated carbocycles. The summed E-state index contributed by atoms with van der Waals surface area (Å²) in [5.41, 5.74) is 1.22. The van der Waals surface area contributed by atoms with Crippen LogP contribution in [0.3, 0.4) is 0 Å². The fourth-order valence-electron chi connectivity index (χ4n) is 1.31.